The molecule has 1 unspecified atom stereocenters. The first-order valence-electron chi connectivity index (χ1n) is 6.07. The summed E-state index contributed by atoms with van der Waals surface area (Å²) in [6, 6.07) is 5.68. The van der Waals surface area contributed by atoms with Crippen molar-refractivity contribution in [1.82, 2.24) is 5.32 Å². The van der Waals surface area contributed by atoms with Crippen molar-refractivity contribution < 1.29 is 9.53 Å². The third kappa shape index (κ3) is 5.89. The third-order valence-corrected chi connectivity index (χ3v) is 3.15. The summed E-state index contributed by atoms with van der Waals surface area (Å²) in [5, 5.41) is 2.65. The smallest absolute Gasteiger partial charge is 0.258 e. The fourth-order valence-electron chi connectivity index (χ4n) is 1.53. The number of hydrogen-bond donors (Lipinski definition) is 2. The number of hydrogen-bond acceptors (Lipinski definition) is 3. The number of ether oxygens (including phenoxy) is 1. The normalized spacial score (nSPS) is 11.7. The monoisotopic (exact) mass is 326 g/mol. The Balaban J connectivity index is 2.59. The molecule has 1 amide bonds. The van der Waals surface area contributed by atoms with E-state index in [1.54, 1.807) is 6.08 Å². The molecule has 0 fully saturated rings. The van der Waals surface area contributed by atoms with Crippen LogP contribution in [0.25, 0.3) is 0 Å². The van der Waals surface area contributed by atoms with E-state index in [9.17, 15) is 4.79 Å². The molecule has 0 heterocycles. The van der Waals surface area contributed by atoms with E-state index < -0.39 is 0 Å². The Labute approximate surface area is 122 Å². The highest BCUT2D eigenvalue weighted by atomic mass is 79.9. The van der Waals surface area contributed by atoms with Gasteiger partial charge in [-0.1, -0.05) is 22.0 Å². The lowest BCUT2D eigenvalue weighted by atomic mass is 10.1. The van der Waals surface area contributed by atoms with Crippen molar-refractivity contribution in [3.63, 3.8) is 0 Å². The van der Waals surface area contributed by atoms with Gasteiger partial charge in [0.05, 0.1) is 0 Å². The molecule has 0 radical (unpaired) electrons. The summed E-state index contributed by atoms with van der Waals surface area (Å²) in [6.07, 6.45) is 2.37. The van der Waals surface area contributed by atoms with E-state index >= 15 is 0 Å². The molecule has 1 rings (SSSR count). The molecule has 0 bridgehead atoms. The zero-order valence-electron chi connectivity index (χ0n) is 11.0. The molecular weight excluding hydrogens is 308 g/mol. The maximum absolute atomic E-state index is 11.4. The van der Waals surface area contributed by atoms with E-state index in [2.05, 4.69) is 27.8 Å². The van der Waals surface area contributed by atoms with Gasteiger partial charge in [0.1, 0.15) is 5.75 Å². The number of nitrogens with one attached hydrogen (secondary N) is 1. The Morgan fingerprint density at radius 2 is 2.37 bits per heavy atom. The molecule has 0 aliphatic carbocycles. The maximum atomic E-state index is 11.4. The summed E-state index contributed by atoms with van der Waals surface area (Å²) in [5.41, 5.74) is 6.85. The van der Waals surface area contributed by atoms with E-state index in [1.165, 1.54) is 0 Å². The first kappa shape index (κ1) is 15.7. The summed E-state index contributed by atoms with van der Waals surface area (Å²) in [4.78, 5) is 11.4. The molecule has 1 aromatic rings. The number of nitrogens with two attached hydrogens (primary N) is 1. The summed E-state index contributed by atoms with van der Waals surface area (Å²) in [6.45, 7) is 5.91. The second-order valence-corrected chi connectivity index (χ2v) is 5.17. The molecular formula is C14H19BrN2O2. The highest BCUT2D eigenvalue weighted by molar-refractivity contribution is 9.10. The lowest BCUT2D eigenvalue weighted by Crippen LogP contribution is -2.28. The summed E-state index contributed by atoms with van der Waals surface area (Å²) in [5.74, 6) is 0.490. The summed E-state index contributed by atoms with van der Waals surface area (Å²) >= 11 is 3.47. The Kier molecular flexibility index (Phi) is 6.59. The minimum absolute atomic E-state index is 0.00685. The van der Waals surface area contributed by atoms with Crippen molar-refractivity contribution >= 4 is 21.8 Å². The molecule has 0 spiro atoms. The van der Waals surface area contributed by atoms with E-state index in [1.807, 2.05) is 25.1 Å². The van der Waals surface area contributed by atoms with Gasteiger partial charge >= 0.3 is 0 Å². The van der Waals surface area contributed by atoms with Crippen molar-refractivity contribution in [2.75, 3.05) is 13.2 Å². The predicted octanol–water partition coefficient (Wildman–Crippen LogP) is 2.02. The minimum atomic E-state index is -0.170. The topological polar surface area (TPSA) is 64.3 Å². The lowest BCUT2D eigenvalue weighted by molar-refractivity contribution is -0.122. The van der Waals surface area contributed by atoms with Crippen LogP contribution in [0, 0.1) is 0 Å². The largest absolute Gasteiger partial charge is 0.484 e. The van der Waals surface area contributed by atoms with Gasteiger partial charge in [0.25, 0.3) is 5.91 Å². The van der Waals surface area contributed by atoms with Gasteiger partial charge < -0.3 is 15.8 Å². The number of halogens is 1. The molecule has 0 aliphatic rings. The molecule has 104 valence electrons. The van der Waals surface area contributed by atoms with E-state index in [0.29, 0.717) is 12.3 Å². The molecule has 1 atom stereocenters. The molecule has 0 aromatic heterocycles. The molecule has 0 saturated heterocycles. The second-order valence-electron chi connectivity index (χ2n) is 4.32. The molecule has 3 N–H and O–H groups in total. The Morgan fingerprint density at radius 3 is 3.00 bits per heavy atom. The van der Waals surface area contributed by atoms with Gasteiger partial charge in [0, 0.05) is 17.1 Å². The maximum Gasteiger partial charge on any atom is 0.258 e. The summed E-state index contributed by atoms with van der Waals surface area (Å²) < 4.78 is 6.43. The van der Waals surface area contributed by atoms with Gasteiger partial charge in [0.2, 0.25) is 0 Å². The number of carbonyl (C=O) groups is 1. The van der Waals surface area contributed by atoms with E-state index in [0.717, 1.165) is 16.5 Å². The first-order chi connectivity index (χ1) is 9.02. The van der Waals surface area contributed by atoms with Gasteiger partial charge in [0.15, 0.2) is 6.61 Å². The van der Waals surface area contributed by atoms with Crippen LogP contribution in [0.3, 0.4) is 0 Å². The standard InChI is InChI=1S/C14H19BrN2O2/c1-3-6-17-14(18)9-19-12-4-5-13(15)11(8-12)7-10(2)16/h3-5,8,10H,1,6-7,9,16H2,2H3,(H,17,18). The highest BCUT2D eigenvalue weighted by Gasteiger charge is 2.06. The average Bonchev–Trinajstić information content (AvgIpc) is 2.36. The van der Waals surface area contributed by atoms with Gasteiger partial charge in [-0.3, -0.25) is 4.79 Å². The van der Waals surface area contributed by atoms with Crippen molar-refractivity contribution in [3.8, 4) is 5.75 Å². The van der Waals surface area contributed by atoms with Crippen molar-refractivity contribution in [1.29, 1.82) is 0 Å². The van der Waals surface area contributed by atoms with Crippen LogP contribution in [0.4, 0.5) is 0 Å². The van der Waals surface area contributed by atoms with Crippen LogP contribution in [0.2, 0.25) is 0 Å². The van der Waals surface area contributed by atoms with Crippen LogP contribution in [-0.4, -0.2) is 25.1 Å². The van der Waals surface area contributed by atoms with Crippen LogP contribution in [0.1, 0.15) is 12.5 Å². The quantitative estimate of drug-likeness (QED) is 0.753. The molecule has 0 aliphatic heterocycles. The first-order valence-corrected chi connectivity index (χ1v) is 6.86. The molecule has 1 aromatic carbocycles. The lowest BCUT2D eigenvalue weighted by Gasteiger charge is -2.11. The van der Waals surface area contributed by atoms with Crippen molar-refractivity contribution in [2.45, 2.75) is 19.4 Å². The Bertz CT molecular complexity index is 447. The average molecular weight is 327 g/mol. The third-order valence-electron chi connectivity index (χ3n) is 2.37. The number of carbonyl (C=O) groups excluding carboxylic acids is 1. The summed E-state index contributed by atoms with van der Waals surface area (Å²) in [7, 11) is 0. The molecule has 19 heavy (non-hydrogen) atoms. The fraction of sp³-hybridized carbons (Fsp3) is 0.357. The zero-order valence-corrected chi connectivity index (χ0v) is 12.6. The Hall–Kier alpha value is -1.33. The van der Waals surface area contributed by atoms with Gasteiger partial charge in [-0.25, -0.2) is 0 Å². The minimum Gasteiger partial charge on any atom is -0.484 e. The zero-order chi connectivity index (χ0) is 14.3. The van der Waals surface area contributed by atoms with Gasteiger partial charge in [-0.15, -0.1) is 6.58 Å². The molecule has 4 nitrogen and oxygen atoms in total. The highest BCUT2D eigenvalue weighted by Crippen LogP contribution is 2.23. The number of benzene rings is 1. The molecule has 5 heteroatoms. The molecule has 0 saturated carbocycles. The van der Waals surface area contributed by atoms with Crippen molar-refractivity contribution in [3.05, 3.63) is 40.9 Å². The van der Waals surface area contributed by atoms with Crippen LogP contribution in [0.15, 0.2) is 35.3 Å². The van der Waals surface area contributed by atoms with Gasteiger partial charge in [-0.2, -0.15) is 0 Å². The SMILES string of the molecule is C=CCNC(=O)COc1ccc(Br)c(CC(C)N)c1. The van der Waals surface area contributed by atoms with Crippen LogP contribution >= 0.6 is 15.9 Å². The van der Waals surface area contributed by atoms with Crippen LogP contribution in [0.5, 0.6) is 5.75 Å². The number of amides is 1. The van der Waals surface area contributed by atoms with E-state index in [4.69, 9.17) is 10.5 Å². The van der Waals surface area contributed by atoms with Crippen LogP contribution < -0.4 is 15.8 Å². The van der Waals surface area contributed by atoms with E-state index in [-0.39, 0.29) is 18.6 Å². The number of rotatable bonds is 7. The van der Waals surface area contributed by atoms with Gasteiger partial charge in [-0.05, 0) is 37.1 Å². The van der Waals surface area contributed by atoms with Crippen molar-refractivity contribution in [2.24, 2.45) is 5.73 Å². The predicted molar refractivity (Wildman–Crippen MR) is 80.2 cm³/mol. The second kappa shape index (κ2) is 7.96. The fourth-order valence-corrected chi connectivity index (χ4v) is 1.94. The Morgan fingerprint density at radius 1 is 1.63 bits per heavy atom. The van der Waals surface area contributed by atoms with Crippen LogP contribution in [-0.2, 0) is 11.2 Å².